The average Bonchev–Trinajstić information content (AvgIpc) is 3.28. The van der Waals surface area contributed by atoms with Crippen LogP contribution in [-0.4, -0.2) is 41.6 Å². The van der Waals surface area contributed by atoms with Gasteiger partial charge in [-0.1, -0.05) is 6.92 Å². The van der Waals surface area contributed by atoms with Crippen LogP contribution in [-0.2, 0) is 0 Å². The first kappa shape index (κ1) is 15.4. The SMILES string of the molecule is CCCNc1cc(N(C)C(C)CSC)nc(C2CC2)n1. The highest BCUT2D eigenvalue weighted by molar-refractivity contribution is 7.98. The van der Waals surface area contributed by atoms with Crippen molar-refractivity contribution in [2.75, 3.05) is 35.8 Å². The number of nitrogens with zero attached hydrogens (tertiary/aromatic N) is 3. The van der Waals surface area contributed by atoms with Gasteiger partial charge in [-0.15, -0.1) is 0 Å². The van der Waals surface area contributed by atoms with E-state index in [0.29, 0.717) is 12.0 Å². The van der Waals surface area contributed by atoms with Crippen LogP contribution >= 0.6 is 11.8 Å². The number of hydrogen-bond donors (Lipinski definition) is 1. The fourth-order valence-corrected chi connectivity index (χ4v) is 2.79. The predicted molar refractivity (Wildman–Crippen MR) is 89.0 cm³/mol. The Morgan fingerprint density at radius 1 is 1.45 bits per heavy atom. The van der Waals surface area contributed by atoms with Gasteiger partial charge < -0.3 is 10.2 Å². The van der Waals surface area contributed by atoms with Crippen molar-refractivity contribution >= 4 is 23.4 Å². The van der Waals surface area contributed by atoms with Gasteiger partial charge in [-0.3, -0.25) is 0 Å². The van der Waals surface area contributed by atoms with Gasteiger partial charge in [0.1, 0.15) is 17.5 Å². The van der Waals surface area contributed by atoms with Crippen LogP contribution in [0.5, 0.6) is 0 Å². The van der Waals surface area contributed by atoms with Gasteiger partial charge in [-0.25, -0.2) is 9.97 Å². The molecule has 1 saturated carbocycles. The van der Waals surface area contributed by atoms with Gasteiger partial charge in [0.2, 0.25) is 0 Å². The summed E-state index contributed by atoms with van der Waals surface area (Å²) >= 11 is 1.87. The van der Waals surface area contributed by atoms with Crippen LogP contribution in [0.4, 0.5) is 11.6 Å². The van der Waals surface area contributed by atoms with E-state index < -0.39 is 0 Å². The monoisotopic (exact) mass is 294 g/mol. The highest BCUT2D eigenvalue weighted by Gasteiger charge is 2.28. The molecule has 1 aliphatic carbocycles. The smallest absolute Gasteiger partial charge is 0.136 e. The zero-order chi connectivity index (χ0) is 14.5. The second kappa shape index (κ2) is 7.16. The minimum atomic E-state index is 0.478. The molecule has 1 heterocycles. The molecule has 0 spiro atoms. The molecule has 0 aliphatic heterocycles. The Morgan fingerprint density at radius 3 is 2.80 bits per heavy atom. The highest BCUT2D eigenvalue weighted by Crippen LogP contribution is 2.39. The molecule has 0 aromatic carbocycles. The van der Waals surface area contributed by atoms with Crippen molar-refractivity contribution in [3.63, 3.8) is 0 Å². The number of aromatic nitrogens is 2. The van der Waals surface area contributed by atoms with Crippen molar-refractivity contribution in [2.24, 2.45) is 0 Å². The van der Waals surface area contributed by atoms with Gasteiger partial charge in [0.05, 0.1) is 0 Å². The molecule has 0 bridgehead atoms. The zero-order valence-corrected chi connectivity index (χ0v) is 13.8. The van der Waals surface area contributed by atoms with Gasteiger partial charge in [-0.2, -0.15) is 11.8 Å². The average molecular weight is 294 g/mol. The quantitative estimate of drug-likeness (QED) is 0.796. The van der Waals surface area contributed by atoms with Crippen molar-refractivity contribution in [3.05, 3.63) is 11.9 Å². The lowest BCUT2D eigenvalue weighted by Crippen LogP contribution is -2.32. The Morgan fingerprint density at radius 2 is 2.20 bits per heavy atom. The van der Waals surface area contributed by atoms with Crippen LogP contribution in [0.2, 0.25) is 0 Å². The molecule has 112 valence electrons. The third-order valence-corrected chi connectivity index (χ3v) is 4.47. The van der Waals surface area contributed by atoms with E-state index in [2.05, 4.69) is 48.4 Å². The lowest BCUT2D eigenvalue weighted by Gasteiger charge is -2.26. The van der Waals surface area contributed by atoms with E-state index in [4.69, 9.17) is 4.98 Å². The second-order valence-electron chi connectivity index (χ2n) is 5.59. The number of nitrogens with one attached hydrogen (secondary N) is 1. The third kappa shape index (κ3) is 4.01. The van der Waals surface area contributed by atoms with Gasteiger partial charge in [0.15, 0.2) is 0 Å². The van der Waals surface area contributed by atoms with E-state index in [1.165, 1.54) is 12.8 Å². The largest absolute Gasteiger partial charge is 0.370 e. The summed E-state index contributed by atoms with van der Waals surface area (Å²) in [5.41, 5.74) is 0. The van der Waals surface area contributed by atoms with E-state index in [1.807, 2.05) is 11.8 Å². The Kier molecular flexibility index (Phi) is 5.52. The van der Waals surface area contributed by atoms with E-state index >= 15 is 0 Å². The molecule has 0 amide bonds. The topological polar surface area (TPSA) is 41.0 Å². The fraction of sp³-hybridized carbons (Fsp3) is 0.733. The minimum Gasteiger partial charge on any atom is -0.370 e. The molecule has 1 aliphatic rings. The molecule has 1 fully saturated rings. The van der Waals surface area contributed by atoms with Gasteiger partial charge in [0, 0.05) is 37.4 Å². The summed E-state index contributed by atoms with van der Waals surface area (Å²) in [5, 5.41) is 3.40. The number of anilines is 2. The van der Waals surface area contributed by atoms with E-state index in [-0.39, 0.29) is 0 Å². The van der Waals surface area contributed by atoms with Crippen molar-refractivity contribution in [3.8, 4) is 0 Å². The van der Waals surface area contributed by atoms with Crippen molar-refractivity contribution in [1.29, 1.82) is 0 Å². The highest BCUT2D eigenvalue weighted by atomic mass is 32.2. The molecule has 0 radical (unpaired) electrons. The molecule has 1 aromatic heterocycles. The molecule has 0 saturated heterocycles. The van der Waals surface area contributed by atoms with Crippen LogP contribution in [0.3, 0.4) is 0 Å². The first-order valence-electron chi connectivity index (χ1n) is 7.50. The molecular weight excluding hydrogens is 268 g/mol. The Bertz CT molecular complexity index is 434. The Hall–Kier alpha value is -0.970. The molecule has 20 heavy (non-hydrogen) atoms. The van der Waals surface area contributed by atoms with Crippen LogP contribution in [0, 0.1) is 0 Å². The summed E-state index contributed by atoms with van der Waals surface area (Å²) in [4.78, 5) is 11.7. The predicted octanol–water partition coefficient (Wildman–Crippen LogP) is 3.36. The van der Waals surface area contributed by atoms with Crippen LogP contribution in [0.15, 0.2) is 6.07 Å². The number of thioether (sulfide) groups is 1. The summed E-state index contributed by atoms with van der Waals surface area (Å²) < 4.78 is 0. The van der Waals surface area contributed by atoms with Crippen LogP contribution < -0.4 is 10.2 Å². The number of hydrogen-bond acceptors (Lipinski definition) is 5. The van der Waals surface area contributed by atoms with Gasteiger partial charge in [-0.05, 0) is 32.4 Å². The zero-order valence-electron chi connectivity index (χ0n) is 13.0. The first-order valence-corrected chi connectivity index (χ1v) is 8.89. The summed E-state index contributed by atoms with van der Waals surface area (Å²) in [7, 11) is 2.13. The lowest BCUT2D eigenvalue weighted by atomic mass is 10.3. The van der Waals surface area contributed by atoms with Crippen molar-refractivity contribution in [1.82, 2.24) is 9.97 Å². The molecule has 2 rings (SSSR count). The van der Waals surface area contributed by atoms with Crippen LogP contribution in [0.1, 0.15) is 44.9 Å². The molecule has 1 N–H and O–H groups in total. The minimum absolute atomic E-state index is 0.478. The molecular formula is C15H26N4S. The second-order valence-corrected chi connectivity index (χ2v) is 6.50. The lowest BCUT2D eigenvalue weighted by molar-refractivity contribution is 0.744. The summed E-state index contributed by atoms with van der Waals surface area (Å²) in [5.74, 6) is 4.73. The van der Waals surface area contributed by atoms with Gasteiger partial charge >= 0.3 is 0 Å². The molecule has 4 nitrogen and oxygen atoms in total. The first-order chi connectivity index (χ1) is 9.65. The van der Waals surface area contributed by atoms with E-state index in [0.717, 1.165) is 36.2 Å². The normalized spacial score (nSPS) is 16.0. The maximum atomic E-state index is 4.77. The fourth-order valence-electron chi connectivity index (χ4n) is 2.08. The summed E-state index contributed by atoms with van der Waals surface area (Å²) in [6, 6.07) is 2.56. The van der Waals surface area contributed by atoms with E-state index in [9.17, 15) is 0 Å². The number of rotatable bonds is 8. The Labute approximate surface area is 126 Å². The molecule has 5 heteroatoms. The standard InChI is InChI=1S/C15H26N4S/c1-5-8-16-13-9-14(19(3)11(2)10-20-4)18-15(17-13)12-6-7-12/h9,11-12H,5-8,10H2,1-4H3,(H,16,17,18). The maximum absolute atomic E-state index is 4.77. The van der Waals surface area contributed by atoms with Gasteiger partial charge in [0.25, 0.3) is 0 Å². The third-order valence-electron chi connectivity index (χ3n) is 3.66. The van der Waals surface area contributed by atoms with E-state index in [1.54, 1.807) is 0 Å². The maximum Gasteiger partial charge on any atom is 0.136 e. The summed E-state index contributed by atoms with van der Waals surface area (Å²) in [6.07, 6.45) is 5.73. The molecule has 1 aromatic rings. The summed E-state index contributed by atoms with van der Waals surface area (Å²) in [6.45, 7) is 5.38. The van der Waals surface area contributed by atoms with Crippen molar-refractivity contribution < 1.29 is 0 Å². The molecule has 1 atom stereocenters. The Balaban J connectivity index is 2.19. The van der Waals surface area contributed by atoms with Crippen LogP contribution in [0.25, 0.3) is 0 Å². The van der Waals surface area contributed by atoms with Crippen molar-refractivity contribution in [2.45, 2.75) is 45.1 Å². The molecule has 1 unspecified atom stereocenters.